The van der Waals surface area contributed by atoms with E-state index < -0.39 is 0 Å². The lowest BCUT2D eigenvalue weighted by Crippen LogP contribution is -2.08. The van der Waals surface area contributed by atoms with Crippen molar-refractivity contribution in [2.24, 2.45) is 0 Å². The molecule has 11 rings (SSSR count). The summed E-state index contributed by atoms with van der Waals surface area (Å²) >= 11 is 0. The molecule has 0 aliphatic heterocycles. The molecule has 0 saturated heterocycles. The Morgan fingerprint density at radius 2 is 1.00 bits per heavy atom. The van der Waals surface area contributed by atoms with E-state index in [9.17, 15) is 0 Å². The summed E-state index contributed by atoms with van der Waals surface area (Å²) in [7, 11) is 0. The maximum absolute atomic E-state index is 6.47. The Balaban J connectivity index is 1.14. The topological polar surface area (TPSA) is 56.7 Å². The summed E-state index contributed by atoms with van der Waals surface area (Å²) in [6.45, 7) is 6.17. The van der Waals surface area contributed by atoms with Crippen LogP contribution in [0.1, 0.15) is 11.3 Å². The number of rotatable bonds is 9. The molecule has 0 radical (unpaired) electrons. The number of aromatic nitrogens is 4. The van der Waals surface area contributed by atoms with Gasteiger partial charge in [-0.2, -0.15) is 9.97 Å². The minimum atomic E-state index is 0.542. The van der Waals surface area contributed by atoms with Crippen LogP contribution < -0.4 is 0 Å². The minimum Gasteiger partial charge on any atom is -0.455 e. The normalized spacial score (nSPS) is 11.6. The molecule has 63 heavy (non-hydrogen) atoms. The second-order valence-corrected chi connectivity index (χ2v) is 15.7. The van der Waals surface area contributed by atoms with Gasteiger partial charge in [0.15, 0.2) is 11.6 Å². The highest BCUT2D eigenvalue weighted by Crippen LogP contribution is 2.42. The van der Waals surface area contributed by atoms with E-state index in [-0.39, 0.29) is 0 Å². The zero-order valence-corrected chi connectivity index (χ0v) is 34.6. The lowest BCUT2D eigenvalue weighted by atomic mass is 9.92. The van der Waals surface area contributed by atoms with Crippen LogP contribution in [0.2, 0.25) is 0 Å². The van der Waals surface area contributed by atoms with E-state index >= 15 is 0 Å². The highest BCUT2D eigenvalue weighted by atomic mass is 16.3. The molecular weight excluding hydrogens is 769 g/mol. The van der Waals surface area contributed by atoms with E-state index in [0.717, 1.165) is 99.7 Å². The summed E-state index contributed by atoms with van der Waals surface area (Å²) in [5.74, 6) is 1.75. The van der Waals surface area contributed by atoms with Gasteiger partial charge in [-0.05, 0) is 70.6 Å². The van der Waals surface area contributed by atoms with Gasteiger partial charge >= 0.3 is 0 Å². The van der Waals surface area contributed by atoms with Crippen molar-refractivity contribution in [3.8, 4) is 73.2 Å². The van der Waals surface area contributed by atoms with Gasteiger partial charge in [-0.15, -0.1) is 0 Å². The number of benzene rings is 8. The Bertz CT molecular complexity index is 3470. The van der Waals surface area contributed by atoms with E-state index in [1.165, 1.54) is 0 Å². The highest BCUT2D eigenvalue weighted by molar-refractivity contribution is 6.10. The maximum atomic E-state index is 6.47. The molecular formula is C58H40N4O. The third kappa shape index (κ3) is 6.82. The quantitative estimate of drug-likeness (QED) is 0.136. The summed E-state index contributed by atoms with van der Waals surface area (Å²) < 4.78 is 8.68. The molecule has 5 heteroatoms. The molecule has 11 aromatic rings. The fourth-order valence-electron chi connectivity index (χ4n) is 8.81. The van der Waals surface area contributed by atoms with Crippen molar-refractivity contribution in [1.82, 2.24) is 19.5 Å². The van der Waals surface area contributed by atoms with Gasteiger partial charge in [0.2, 0.25) is 5.95 Å². The molecule has 0 bridgehead atoms. The predicted molar refractivity (Wildman–Crippen MR) is 261 cm³/mol. The molecule has 0 aliphatic rings. The van der Waals surface area contributed by atoms with Gasteiger partial charge in [-0.1, -0.05) is 189 Å². The maximum Gasteiger partial charge on any atom is 0.238 e. The third-order valence-electron chi connectivity index (χ3n) is 11.8. The van der Waals surface area contributed by atoms with Crippen LogP contribution in [-0.4, -0.2) is 19.5 Å². The molecule has 0 unspecified atom stereocenters. The molecule has 3 heterocycles. The largest absolute Gasteiger partial charge is 0.455 e. The lowest BCUT2D eigenvalue weighted by molar-refractivity contribution is 0.670. The Labute approximate surface area is 365 Å². The lowest BCUT2D eigenvalue weighted by Gasteiger charge is -2.15. The van der Waals surface area contributed by atoms with Crippen LogP contribution in [0.15, 0.2) is 217 Å². The first-order valence-electron chi connectivity index (χ1n) is 21.1. The van der Waals surface area contributed by atoms with Gasteiger partial charge in [0.1, 0.15) is 11.2 Å². The number of hydrogen-bond acceptors (Lipinski definition) is 4. The monoisotopic (exact) mass is 808 g/mol. The zero-order valence-electron chi connectivity index (χ0n) is 34.6. The van der Waals surface area contributed by atoms with Crippen LogP contribution in [0.25, 0.3) is 112 Å². The molecule has 298 valence electrons. The van der Waals surface area contributed by atoms with Gasteiger partial charge in [0, 0.05) is 49.7 Å². The first-order chi connectivity index (χ1) is 31.1. The fourth-order valence-corrected chi connectivity index (χ4v) is 8.81. The van der Waals surface area contributed by atoms with Crippen molar-refractivity contribution in [3.05, 3.63) is 224 Å². The standard InChI is InChI=1S/C58H40N4O/c1-3-4-29-47-38(2)62(58-60-56(40-21-10-6-11-22-40)59-57(61-58)41-23-12-7-13-24-41)54-51(36-46(37-52(47)54)39-19-8-5-9-20-39)45-28-17-26-43(35-45)42-25-16-27-44(34-42)48-31-18-32-50-49-30-14-15-33-53(49)63-55(48)50/h3-37H,1H2,2H3/b29-4-. The van der Waals surface area contributed by atoms with Crippen molar-refractivity contribution >= 4 is 38.9 Å². The Morgan fingerprint density at radius 1 is 0.460 bits per heavy atom. The molecule has 5 nitrogen and oxygen atoms in total. The van der Waals surface area contributed by atoms with Crippen LogP contribution in [-0.2, 0) is 0 Å². The number of hydrogen-bond donors (Lipinski definition) is 0. The SMILES string of the molecule is C=C/C=C\c1c(C)n(-c2nc(-c3ccccc3)nc(-c3ccccc3)n2)c2c(-c3cccc(-c4cccc(-c5cccc6c5oc5ccccc56)c4)c3)cc(-c3ccccc3)cc12. The zero-order chi connectivity index (χ0) is 42.3. The van der Waals surface area contributed by atoms with Gasteiger partial charge in [-0.25, -0.2) is 4.98 Å². The van der Waals surface area contributed by atoms with Crippen molar-refractivity contribution in [1.29, 1.82) is 0 Å². The Kier molecular flexibility index (Phi) is 9.48. The van der Waals surface area contributed by atoms with Crippen LogP contribution in [0.4, 0.5) is 0 Å². The van der Waals surface area contributed by atoms with Crippen molar-refractivity contribution < 1.29 is 4.42 Å². The van der Waals surface area contributed by atoms with E-state index in [4.69, 9.17) is 19.4 Å². The molecule has 0 N–H and O–H groups in total. The van der Waals surface area contributed by atoms with E-state index in [1.807, 2.05) is 84.9 Å². The summed E-state index contributed by atoms with van der Waals surface area (Å²) in [6.07, 6.45) is 5.96. The summed E-state index contributed by atoms with van der Waals surface area (Å²) in [5.41, 5.74) is 15.4. The molecule has 0 saturated carbocycles. The first-order valence-corrected chi connectivity index (χ1v) is 21.1. The second-order valence-electron chi connectivity index (χ2n) is 15.7. The molecule has 3 aromatic heterocycles. The number of allylic oxidation sites excluding steroid dienone is 2. The number of furan rings is 1. The summed E-state index contributed by atoms with van der Waals surface area (Å²) in [6, 6.07) is 67.7. The Hall–Kier alpha value is -8.41. The number of para-hydroxylation sites is 2. The highest BCUT2D eigenvalue weighted by Gasteiger charge is 2.23. The molecule has 0 amide bonds. The average Bonchev–Trinajstić information content (AvgIpc) is 3.88. The predicted octanol–water partition coefficient (Wildman–Crippen LogP) is 15.2. The fraction of sp³-hybridized carbons (Fsp3) is 0.0172. The average molecular weight is 809 g/mol. The van der Waals surface area contributed by atoms with Gasteiger partial charge in [0.05, 0.1) is 5.52 Å². The molecule has 0 aliphatic carbocycles. The van der Waals surface area contributed by atoms with E-state index in [0.29, 0.717) is 17.6 Å². The van der Waals surface area contributed by atoms with Crippen LogP contribution in [0.5, 0.6) is 0 Å². The minimum absolute atomic E-state index is 0.542. The van der Waals surface area contributed by atoms with Crippen LogP contribution in [0, 0.1) is 6.92 Å². The van der Waals surface area contributed by atoms with E-state index in [2.05, 4.69) is 145 Å². The van der Waals surface area contributed by atoms with Gasteiger partial charge < -0.3 is 4.42 Å². The molecule has 0 atom stereocenters. The molecule has 0 fully saturated rings. The smallest absolute Gasteiger partial charge is 0.238 e. The Morgan fingerprint density at radius 3 is 1.65 bits per heavy atom. The van der Waals surface area contributed by atoms with Crippen LogP contribution >= 0.6 is 0 Å². The van der Waals surface area contributed by atoms with Crippen molar-refractivity contribution in [2.45, 2.75) is 6.92 Å². The van der Waals surface area contributed by atoms with Crippen LogP contribution in [0.3, 0.4) is 0 Å². The second kappa shape index (κ2) is 15.9. The molecule has 8 aromatic carbocycles. The summed E-state index contributed by atoms with van der Waals surface area (Å²) in [4.78, 5) is 15.5. The summed E-state index contributed by atoms with van der Waals surface area (Å²) in [5, 5.41) is 3.31. The van der Waals surface area contributed by atoms with Crippen molar-refractivity contribution in [2.75, 3.05) is 0 Å². The first kappa shape index (κ1) is 37.6. The number of nitrogens with zero attached hydrogens (tertiary/aromatic N) is 4. The third-order valence-corrected chi connectivity index (χ3v) is 11.8. The van der Waals surface area contributed by atoms with Crippen molar-refractivity contribution in [3.63, 3.8) is 0 Å². The number of fused-ring (bicyclic) bond motifs is 4. The molecule has 0 spiro atoms. The van der Waals surface area contributed by atoms with Gasteiger partial charge in [-0.3, -0.25) is 4.57 Å². The van der Waals surface area contributed by atoms with E-state index in [1.54, 1.807) is 0 Å². The van der Waals surface area contributed by atoms with Gasteiger partial charge in [0.25, 0.3) is 0 Å².